The SMILES string of the molecule is CC(O)C1=NC2=CC(Cl)(Cl)C=CC2=N1. The number of aliphatic imine (C=N–C) groups is 2. The molecule has 0 radical (unpaired) electrons. The van der Waals surface area contributed by atoms with E-state index in [9.17, 15) is 5.11 Å². The van der Waals surface area contributed by atoms with E-state index in [1.54, 1.807) is 25.2 Å². The maximum absolute atomic E-state index is 9.27. The molecule has 2 rings (SSSR count). The van der Waals surface area contributed by atoms with Gasteiger partial charge in [-0.2, -0.15) is 0 Å². The lowest BCUT2D eigenvalue weighted by Crippen LogP contribution is -2.12. The lowest BCUT2D eigenvalue weighted by molar-refractivity contribution is 0.261. The summed E-state index contributed by atoms with van der Waals surface area (Å²) >= 11 is 11.8. The Labute approximate surface area is 91.5 Å². The molecule has 1 heterocycles. The fraction of sp³-hybridized carbons (Fsp3) is 0.333. The molecule has 1 aliphatic carbocycles. The van der Waals surface area contributed by atoms with Gasteiger partial charge in [-0.25, -0.2) is 9.98 Å². The largest absolute Gasteiger partial charge is 0.385 e. The quantitative estimate of drug-likeness (QED) is 0.687. The van der Waals surface area contributed by atoms with Crippen LogP contribution in [0, 0.1) is 0 Å². The minimum absolute atomic E-state index is 0.391. The highest BCUT2D eigenvalue weighted by atomic mass is 35.5. The van der Waals surface area contributed by atoms with Crippen molar-refractivity contribution in [2.45, 2.75) is 17.4 Å². The summed E-state index contributed by atoms with van der Waals surface area (Å²) in [6.45, 7) is 1.61. The van der Waals surface area contributed by atoms with Crippen LogP contribution in [0.25, 0.3) is 0 Å². The van der Waals surface area contributed by atoms with Crippen LogP contribution in [0.15, 0.2) is 33.9 Å². The van der Waals surface area contributed by atoms with Crippen LogP contribution in [-0.2, 0) is 0 Å². The third-order valence-corrected chi connectivity index (χ3v) is 2.37. The predicted molar refractivity (Wildman–Crippen MR) is 58.2 cm³/mol. The first-order valence-electron chi connectivity index (χ1n) is 4.13. The molecule has 2 aliphatic rings. The van der Waals surface area contributed by atoms with Crippen molar-refractivity contribution in [2.75, 3.05) is 0 Å². The van der Waals surface area contributed by atoms with E-state index in [4.69, 9.17) is 23.2 Å². The van der Waals surface area contributed by atoms with Gasteiger partial charge in [0.05, 0.1) is 11.4 Å². The molecule has 1 aliphatic heterocycles. The average molecular weight is 231 g/mol. The third kappa shape index (κ3) is 1.75. The molecule has 0 saturated carbocycles. The molecule has 3 nitrogen and oxygen atoms in total. The van der Waals surface area contributed by atoms with Crippen LogP contribution >= 0.6 is 23.2 Å². The van der Waals surface area contributed by atoms with Gasteiger partial charge in [0.25, 0.3) is 0 Å². The molecule has 0 bridgehead atoms. The van der Waals surface area contributed by atoms with Gasteiger partial charge in [-0.15, -0.1) is 0 Å². The number of fused-ring (bicyclic) bond motifs is 1. The molecule has 1 unspecified atom stereocenters. The number of aliphatic hydroxyl groups is 1. The van der Waals surface area contributed by atoms with E-state index in [2.05, 4.69) is 9.98 Å². The molecule has 1 N–H and O–H groups in total. The lowest BCUT2D eigenvalue weighted by Gasteiger charge is -2.13. The summed E-state index contributed by atoms with van der Waals surface area (Å²) in [5, 5.41) is 9.27. The predicted octanol–water partition coefficient (Wildman–Crippen LogP) is 1.85. The minimum Gasteiger partial charge on any atom is -0.385 e. The highest BCUT2D eigenvalue weighted by molar-refractivity contribution is 6.52. The average Bonchev–Trinajstić information content (AvgIpc) is 2.45. The molecule has 1 atom stereocenters. The van der Waals surface area contributed by atoms with Crippen molar-refractivity contribution < 1.29 is 5.11 Å². The molecule has 0 aromatic heterocycles. The molecule has 74 valence electrons. The van der Waals surface area contributed by atoms with E-state index in [-0.39, 0.29) is 0 Å². The van der Waals surface area contributed by atoms with Crippen molar-refractivity contribution in [3.8, 4) is 0 Å². The summed E-state index contributed by atoms with van der Waals surface area (Å²) < 4.78 is -1.02. The van der Waals surface area contributed by atoms with Crippen LogP contribution in [0.2, 0.25) is 0 Å². The summed E-state index contributed by atoms with van der Waals surface area (Å²) in [4.78, 5) is 8.23. The Morgan fingerprint density at radius 2 is 2.14 bits per heavy atom. The lowest BCUT2D eigenvalue weighted by atomic mass is 10.1. The van der Waals surface area contributed by atoms with Gasteiger partial charge in [0.1, 0.15) is 6.10 Å². The van der Waals surface area contributed by atoms with E-state index >= 15 is 0 Å². The second-order valence-electron chi connectivity index (χ2n) is 3.18. The van der Waals surface area contributed by atoms with Crippen LogP contribution in [0.1, 0.15) is 6.92 Å². The minimum atomic E-state index is -1.02. The molecule has 0 saturated heterocycles. The van der Waals surface area contributed by atoms with Gasteiger partial charge in [0.15, 0.2) is 10.2 Å². The monoisotopic (exact) mass is 230 g/mol. The van der Waals surface area contributed by atoms with E-state index < -0.39 is 10.4 Å². The topological polar surface area (TPSA) is 45.0 Å². The fourth-order valence-corrected chi connectivity index (χ4v) is 1.56. The van der Waals surface area contributed by atoms with Crippen LogP contribution in [0.5, 0.6) is 0 Å². The Hall–Kier alpha value is -0.640. The maximum atomic E-state index is 9.27. The van der Waals surface area contributed by atoms with Crippen LogP contribution in [0.4, 0.5) is 0 Å². The number of allylic oxidation sites excluding steroid dienone is 3. The number of amidine groups is 1. The van der Waals surface area contributed by atoms with Gasteiger partial charge in [0, 0.05) is 0 Å². The van der Waals surface area contributed by atoms with E-state index in [1.165, 1.54) is 0 Å². The van der Waals surface area contributed by atoms with Crippen molar-refractivity contribution in [3.05, 3.63) is 23.9 Å². The summed E-state index contributed by atoms with van der Waals surface area (Å²) in [5.41, 5.74) is 1.31. The Morgan fingerprint density at radius 1 is 1.43 bits per heavy atom. The van der Waals surface area contributed by atoms with Crippen LogP contribution in [-0.4, -0.2) is 27.1 Å². The smallest absolute Gasteiger partial charge is 0.157 e. The maximum Gasteiger partial charge on any atom is 0.157 e. The standard InChI is InChI=1S/C9H8Cl2N2O/c1-5(14)8-12-6-2-3-9(10,11)4-7(6)13-8/h2-5,14H,1H3. The van der Waals surface area contributed by atoms with Gasteiger partial charge >= 0.3 is 0 Å². The van der Waals surface area contributed by atoms with Crippen molar-refractivity contribution in [2.24, 2.45) is 9.98 Å². The van der Waals surface area contributed by atoms with Crippen LogP contribution < -0.4 is 0 Å². The molecular weight excluding hydrogens is 223 g/mol. The van der Waals surface area contributed by atoms with Crippen molar-refractivity contribution >= 4 is 34.7 Å². The zero-order chi connectivity index (χ0) is 10.3. The van der Waals surface area contributed by atoms with Crippen molar-refractivity contribution in [1.29, 1.82) is 0 Å². The first-order valence-corrected chi connectivity index (χ1v) is 4.89. The highest BCUT2D eigenvalue weighted by Crippen LogP contribution is 2.32. The highest BCUT2D eigenvalue weighted by Gasteiger charge is 2.27. The van der Waals surface area contributed by atoms with Gasteiger partial charge in [-0.05, 0) is 25.2 Å². The Morgan fingerprint density at radius 3 is 2.79 bits per heavy atom. The Balaban J connectivity index is 2.38. The molecule has 0 aromatic rings. The molecule has 0 aromatic carbocycles. The van der Waals surface area contributed by atoms with Gasteiger partial charge in [0.2, 0.25) is 0 Å². The van der Waals surface area contributed by atoms with E-state index in [0.717, 1.165) is 0 Å². The second-order valence-corrected chi connectivity index (χ2v) is 4.62. The number of hydrogen-bond donors (Lipinski definition) is 1. The normalized spacial score (nSPS) is 25.0. The summed E-state index contributed by atoms with van der Waals surface area (Å²) in [7, 11) is 0. The number of nitrogens with zero attached hydrogens (tertiary/aromatic N) is 2. The molecule has 0 spiro atoms. The Bertz CT molecular complexity index is 392. The van der Waals surface area contributed by atoms with Crippen LogP contribution in [0.3, 0.4) is 0 Å². The van der Waals surface area contributed by atoms with Gasteiger partial charge < -0.3 is 5.11 Å². The summed E-state index contributed by atoms with van der Waals surface area (Å²) in [6.07, 6.45) is 4.25. The number of alkyl halides is 2. The molecule has 5 heteroatoms. The number of aliphatic hydroxyl groups excluding tert-OH is 1. The molecular formula is C9H8Cl2N2O. The van der Waals surface area contributed by atoms with Crippen molar-refractivity contribution in [1.82, 2.24) is 0 Å². The number of hydrogen-bond acceptors (Lipinski definition) is 3. The zero-order valence-electron chi connectivity index (χ0n) is 7.41. The fourth-order valence-electron chi connectivity index (χ4n) is 1.22. The summed E-state index contributed by atoms with van der Waals surface area (Å²) in [5.74, 6) is 0.391. The first kappa shape index (κ1) is 9.90. The molecule has 0 fully saturated rings. The van der Waals surface area contributed by atoms with Crippen molar-refractivity contribution in [3.63, 3.8) is 0 Å². The van der Waals surface area contributed by atoms with E-state index in [0.29, 0.717) is 17.2 Å². The van der Waals surface area contributed by atoms with Gasteiger partial charge in [-0.3, -0.25) is 0 Å². The first-order chi connectivity index (χ1) is 6.48. The third-order valence-electron chi connectivity index (χ3n) is 1.90. The molecule has 0 amide bonds. The Kier molecular flexibility index (Phi) is 2.26. The number of rotatable bonds is 1. The number of halogens is 2. The van der Waals surface area contributed by atoms with E-state index in [1.807, 2.05) is 0 Å². The zero-order valence-corrected chi connectivity index (χ0v) is 8.92. The van der Waals surface area contributed by atoms with Gasteiger partial charge in [-0.1, -0.05) is 23.2 Å². The summed E-state index contributed by atoms with van der Waals surface area (Å²) in [6, 6.07) is 0. The molecule has 14 heavy (non-hydrogen) atoms. The second kappa shape index (κ2) is 3.19.